The first kappa shape index (κ1) is 33.6. The zero-order chi connectivity index (χ0) is 32.0. The molecule has 4 fully saturated rings. The molecule has 3 heterocycles. The number of nitrogens with zero attached hydrogens (tertiary/aromatic N) is 1. The summed E-state index contributed by atoms with van der Waals surface area (Å²) in [5, 5.41) is 4.81. The quantitative estimate of drug-likeness (QED) is 0.350. The van der Waals surface area contributed by atoms with E-state index in [0.717, 1.165) is 4.90 Å². The van der Waals surface area contributed by atoms with Gasteiger partial charge in [0.25, 0.3) is 5.92 Å². The topological polar surface area (TPSA) is 142 Å². The van der Waals surface area contributed by atoms with Crippen LogP contribution in [-0.2, 0) is 29.0 Å². The maximum absolute atomic E-state index is 15.1. The molecule has 0 aromatic rings. The molecule has 2 bridgehead atoms. The van der Waals surface area contributed by atoms with Crippen molar-refractivity contribution in [1.29, 1.82) is 0 Å². The van der Waals surface area contributed by atoms with Crippen molar-refractivity contribution in [3.8, 4) is 0 Å². The van der Waals surface area contributed by atoms with Crippen LogP contribution in [0.4, 0.5) is 26.3 Å². The second kappa shape index (κ2) is 11.7. The van der Waals surface area contributed by atoms with Crippen molar-refractivity contribution >= 4 is 33.5 Å². The molecule has 0 unspecified atom stereocenters. The second-order valence-electron chi connectivity index (χ2n) is 12.1. The van der Waals surface area contributed by atoms with Gasteiger partial charge in [-0.15, -0.1) is 0 Å². The fraction of sp³-hybridized carbons (Fsp3) is 0.760. The Morgan fingerprint density at radius 3 is 2.21 bits per heavy atom. The number of amides is 4. The van der Waals surface area contributed by atoms with Gasteiger partial charge in [-0.25, -0.2) is 17.2 Å². The van der Waals surface area contributed by atoms with Gasteiger partial charge in [-0.1, -0.05) is 20.8 Å². The molecule has 4 amide bonds. The summed E-state index contributed by atoms with van der Waals surface area (Å²) in [7, 11) is -4.38. The number of alkyl halides is 5. The van der Waals surface area contributed by atoms with Crippen molar-refractivity contribution in [3.05, 3.63) is 11.2 Å². The molecule has 3 saturated heterocycles. The molecule has 17 heteroatoms. The lowest BCUT2D eigenvalue weighted by atomic mass is 9.70. The lowest BCUT2D eigenvalue weighted by Crippen LogP contribution is -2.71. The van der Waals surface area contributed by atoms with Gasteiger partial charge in [-0.2, -0.15) is 17.6 Å². The number of carbonyl (C=O) groups is 4. The van der Waals surface area contributed by atoms with E-state index in [1.165, 1.54) is 20.8 Å². The first-order valence-corrected chi connectivity index (χ1v) is 15.2. The summed E-state index contributed by atoms with van der Waals surface area (Å²) in [6.07, 6.45) is -5.38. The largest absolute Gasteiger partial charge is 0.471 e. The Labute approximate surface area is 238 Å². The third-order valence-electron chi connectivity index (χ3n) is 7.82. The van der Waals surface area contributed by atoms with Crippen LogP contribution in [0.2, 0.25) is 0 Å². The van der Waals surface area contributed by atoms with E-state index in [0.29, 0.717) is 12.3 Å². The average molecular weight is 633 g/mol. The Hall–Kier alpha value is -2.85. The van der Waals surface area contributed by atoms with Crippen LogP contribution in [0.5, 0.6) is 0 Å². The Morgan fingerprint density at radius 2 is 1.74 bits per heavy atom. The van der Waals surface area contributed by atoms with Gasteiger partial charge < -0.3 is 20.9 Å². The summed E-state index contributed by atoms with van der Waals surface area (Å²) in [6.45, 7) is 4.31. The number of sulfone groups is 1. The normalized spacial score (nSPS) is 27.7. The predicted molar refractivity (Wildman–Crippen MR) is 136 cm³/mol. The number of halogens is 6. The first-order valence-electron chi connectivity index (χ1n) is 13.3. The molecule has 1 aliphatic carbocycles. The van der Waals surface area contributed by atoms with Crippen LogP contribution < -0.4 is 16.0 Å². The van der Waals surface area contributed by atoms with Gasteiger partial charge in [-0.3, -0.25) is 19.2 Å². The molecular formula is C25H34F6N4O6S. The monoisotopic (exact) mass is 632 g/mol. The van der Waals surface area contributed by atoms with E-state index in [1.54, 1.807) is 5.32 Å². The zero-order valence-corrected chi connectivity index (χ0v) is 24.2. The number of hydrogen-bond donors (Lipinski definition) is 3. The van der Waals surface area contributed by atoms with Crippen LogP contribution in [-0.4, -0.2) is 86.0 Å². The van der Waals surface area contributed by atoms with Crippen LogP contribution in [0.25, 0.3) is 0 Å². The van der Waals surface area contributed by atoms with Crippen LogP contribution in [0.1, 0.15) is 52.9 Å². The molecule has 0 aromatic heterocycles. The summed E-state index contributed by atoms with van der Waals surface area (Å²) in [5.74, 6) is -11.3. The molecular weight excluding hydrogens is 598 g/mol. The van der Waals surface area contributed by atoms with Crippen molar-refractivity contribution in [1.82, 2.24) is 20.9 Å². The summed E-state index contributed by atoms with van der Waals surface area (Å²) < 4.78 is 107. The molecule has 0 radical (unpaired) electrons. The van der Waals surface area contributed by atoms with Gasteiger partial charge in [0, 0.05) is 31.2 Å². The number of nitrogens with one attached hydrogen (secondary N) is 3. The second-order valence-corrected chi connectivity index (χ2v) is 14.1. The minimum atomic E-state index is -5.36. The van der Waals surface area contributed by atoms with Crippen molar-refractivity contribution in [2.24, 2.45) is 17.3 Å². The molecule has 42 heavy (non-hydrogen) atoms. The molecule has 6 atom stereocenters. The van der Waals surface area contributed by atoms with E-state index < -0.39 is 98.6 Å². The highest BCUT2D eigenvalue weighted by Gasteiger charge is 2.61. The van der Waals surface area contributed by atoms with E-state index in [-0.39, 0.29) is 32.2 Å². The molecule has 0 spiro atoms. The van der Waals surface area contributed by atoms with E-state index in [9.17, 15) is 45.2 Å². The molecule has 238 valence electrons. The number of rotatable bonds is 8. The highest BCUT2D eigenvalue weighted by atomic mass is 32.2. The third-order valence-corrected chi connectivity index (χ3v) is 8.66. The Balaban J connectivity index is 2.00. The molecule has 10 nitrogen and oxygen atoms in total. The smallest absolute Gasteiger partial charge is 0.356 e. The van der Waals surface area contributed by atoms with E-state index >= 15 is 8.78 Å². The third kappa shape index (κ3) is 7.37. The van der Waals surface area contributed by atoms with Crippen LogP contribution in [0, 0.1) is 17.3 Å². The number of piperidine rings is 2. The maximum atomic E-state index is 15.1. The van der Waals surface area contributed by atoms with E-state index in [2.05, 4.69) is 10.6 Å². The zero-order valence-electron chi connectivity index (χ0n) is 23.4. The number of hydrogen-bond acceptors (Lipinski definition) is 6. The minimum absolute atomic E-state index is 0.00808. The maximum Gasteiger partial charge on any atom is 0.471 e. The van der Waals surface area contributed by atoms with Crippen LogP contribution in [0.15, 0.2) is 11.2 Å². The van der Waals surface area contributed by atoms with Crippen molar-refractivity contribution in [2.45, 2.75) is 89.1 Å². The van der Waals surface area contributed by atoms with Crippen molar-refractivity contribution < 1.29 is 53.9 Å². The fourth-order valence-electron chi connectivity index (χ4n) is 5.73. The molecule has 3 N–H and O–H groups in total. The average Bonchev–Trinajstić information content (AvgIpc) is 3.22. The van der Waals surface area contributed by atoms with Gasteiger partial charge >= 0.3 is 12.1 Å². The highest BCUT2D eigenvalue weighted by molar-refractivity contribution is 7.94. The summed E-state index contributed by atoms with van der Waals surface area (Å²) in [6, 6.07) is -6.56. The van der Waals surface area contributed by atoms with Crippen molar-refractivity contribution in [3.63, 3.8) is 0 Å². The lowest BCUT2D eigenvalue weighted by Gasteiger charge is -2.55. The molecule has 3 aliphatic heterocycles. The Kier molecular flexibility index (Phi) is 9.36. The lowest BCUT2D eigenvalue weighted by molar-refractivity contribution is -0.197. The van der Waals surface area contributed by atoms with Gasteiger partial charge in [0.2, 0.25) is 32.7 Å². The van der Waals surface area contributed by atoms with E-state index in [1.807, 2.05) is 0 Å². The molecule has 4 rings (SSSR count). The van der Waals surface area contributed by atoms with Gasteiger partial charge in [0.05, 0.1) is 12.0 Å². The van der Waals surface area contributed by atoms with Crippen LogP contribution >= 0.6 is 0 Å². The first-order chi connectivity index (χ1) is 19.0. The number of fused-ring (bicyclic) bond motifs is 3. The Bertz CT molecular complexity index is 1250. The summed E-state index contributed by atoms with van der Waals surface area (Å²) in [4.78, 5) is 52.0. The molecule has 0 aromatic carbocycles. The predicted octanol–water partition coefficient (Wildman–Crippen LogP) is 1.96. The van der Waals surface area contributed by atoms with Gasteiger partial charge in [-0.05, 0) is 37.2 Å². The molecule has 4 aliphatic rings. The number of carbonyl (C=O) groups excluding carboxylic acids is 4. The van der Waals surface area contributed by atoms with E-state index in [4.69, 9.17) is 0 Å². The SMILES string of the molecule is CC(C)(C)[C@H](NC(=O)C(F)(F)F)C(=O)N1[C@@H]2CC[C@H]([C@@H]1C(=O)N[C@@H](/C=C(\F)S(C)(=O)=O)C[C@@H]1CCNC1=O)C(F)(F)C2. The standard InChI is InChI=1S/C25H34F6N4O6S/c1-23(2,3)18(34-22(39)25(29,30)31)21(38)35-14-5-6-15(24(27,28)11-14)17(35)20(37)33-13(10-16(26)42(4,40)41)9-12-7-8-32-19(12)36/h10,12-15,17-18H,5-9,11H2,1-4H3,(H,32,36)(H,33,37)(H,34,39)/b16-10+/t12-,13+,14+,15+,17+,18+/m0/s1. The Morgan fingerprint density at radius 1 is 1.12 bits per heavy atom. The van der Waals surface area contributed by atoms with Crippen LogP contribution in [0.3, 0.4) is 0 Å². The minimum Gasteiger partial charge on any atom is -0.356 e. The highest BCUT2D eigenvalue weighted by Crippen LogP contribution is 2.49. The summed E-state index contributed by atoms with van der Waals surface area (Å²) >= 11 is 0. The van der Waals surface area contributed by atoms with Gasteiger partial charge in [0.1, 0.15) is 12.1 Å². The molecule has 1 saturated carbocycles. The fourth-order valence-corrected chi connectivity index (χ4v) is 6.14. The van der Waals surface area contributed by atoms with Crippen molar-refractivity contribution in [2.75, 3.05) is 12.8 Å². The van der Waals surface area contributed by atoms with Gasteiger partial charge in [0.15, 0.2) is 0 Å². The summed E-state index contributed by atoms with van der Waals surface area (Å²) in [5.41, 5.74) is -1.35.